The predicted molar refractivity (Wildman–Crippen MR) is 70.2 cm³/mol. The molecule has 1 aromatic heterocycles. The Kier molecular flexibility index (Phi) is 3.07. The second-order valence-corrected chi connectivity index (χ2v) is 5.24. The fourth-order valence-electron chi connectivity index (χ4n) is 1.85. The number of nitrogens with one attached hydrogen (secondary N) is 1. The third-order valence-electron chi connectivity index (χ3n) is 2.48. The van der Waals surface area contributed by atoms with Gasteiger partial charge in [-0.05, 0) is 39.0 Å². The third kappa shape index (κ3) is 2.77. The highest BCUT2D eigenvalue weighted by Gasteiger charge is 2.10. The van der Waals surface area contributed by atoms with Crippen LogP contribution in [0.1, 0.15) is 20.8 Å². The number of fused-ring (bicyclic) bond motifs is 1. The summed E-state index contributed by atoms with van der Waals surface area (Å²) in [5.41, 5.74) is 3.12. The summed E-state index contributed by atoms with van der Waals surface area (Å²) >= 11 is 0. The molecule has 0 spiro atoms. The maximum Gasteiger partial charge on any atom is 0.0959 e. The Morgan fingerprint density at radius 3 is 2.76 bits per heavy atom. The normalized spacial score (nSPS) is 12.0. The van der Waals surface area contributed by atoms with E-state index < -0.39 is 0 Å². The SMILES string of the molecule is CC(C)(C)Nc1ccc2ncn(CCO)c2c1. The van der Waals surface area contributed by atoms with Crippen LogP contribution in [-0.4, -0.2) is 26.8 Å². The highest BCUT2D eigenvalue weighted by Crippen LogP contribution is 2.21. The number of aromatic nitrogens is 2. The van der Waals surface area contributed by atoms with Crippen LogP contribution >= 0.6 is 0 Å². The lowest BCUT2D eigenvalue weighted by molar-refractivity contribution is 0.278. The summed E-state index contributed by atoms with van der Waals surface area (Å²) in [6.07, 6.45) is 1.77. The molecule has 0 fully saturated rings. The Balaban J connectivity index is 2.37. The van der Waals surface area contributed by atoms with Crippen molar-refractivity contribution >= 4 is 16.7 Å². The average Bonchev–Trinajstić information content (AvgIpc) is 2.59. The topological polar surface area (TPSA) is 50.1 Å². The Labute approximate surface area is 101 Å². The van der Waals surface area contributed by atoms with Gasteiger partial charge in [-0.2, -0.15) is 0 Å². The van der Waals surface area contributed by atoms with Crippen LogP contribution in [0.3, 0.4) is 0 Å². The van der Waals surface area contributed by atoms with Crippen molar-refractivity contribution in [2.45, 2.75) is 32.9 Å². The summed E-state index contributed by atoms with van der Waals surface area (Å²) < 4.78 is 1.96. The monoisotopic (exact) mass is 233 g/mol. The van der Waals surface area contributed by atoms with Crippen molar-refractivity contribution in [2.75, 3.05) is 11.9 Å². The molecule has 0 radical (unpaired) electrons. The van der Waals surface area contributed by atoms with Crippen LogP contribution in [0.15, 0.2) is 24.5 Å². The summed E-state index contributed by atoms with van der Waals surface area (Å²) in [5.74, 6) is 0. The first-order valence-corrected chi connectivity index (χ1v) is 5.83. The molecule has 0 atom stereocenters. The molecular formula is C13H19N3O. The standard InChI is InChI=1S/C13H19N3O/c1-13(2,3)15-10-4-5-11-12(8-10)16(6-7-17)9-14-11/h4-5,8-9,15,17H,6-7H2,1-3H3. The number of nitrogens with zero attached hydrogens (tertiary/aromatic N) is 2. The van der Waals surface area contributed by atoms with Crippen molar-refractivity contribution in [1.29, 1.82) is 0 Å². The summed E-state index contributed by atoms with van der Waals surface area (Å²) in [7, 11) is 0. The van der Waals surface area contributed by atoms with Crippen molar-refractivity contribution in [2.24, 2.45) is 0 Å². The van der Waals surface area contributed by atoms with E-state index in [4.69, 9.17) is 5.11 Å². The molecule has 0 amide bonds. The quantitative estimate of drug-likeness (QED) is 0.854. The molecule has 0 bridgehead atoms. The largest absolute Gasteiger partial charge is 0.395 e. The number of hydrogen-bond acceptors (Lipinski definition) is 3. The summed E-state index contributed by atoms with van der Waals surface area (Å²) in [6.45, 7) is 7.09. The van der Waals surface area contributed by atoms with E-state index in [1.54, 1.807) is 6.33 Å². The van der Waals surface area contributed by atoms with Crippen LogP contribution < -0.4 is 5.32 Å². The lowest BCUT2D eigenvalue weighted by Crippen LogP contribution is -2.25. The minimum atomic E-state index is 0.0372. The fraction of sp³-hybridized carbons (Fsp3) is 0.462. The van der Waals surface area contributed by atoms with Crippen molar-refractivity contribution in [1.82, 2.24) is 9.55 Å². The number of anilines is 1. The van der Waals surface area contributed by atoms with Gasteiger partial charge in [0.05, 0.1) is 24.0 Å². The lowest BCUT2D eigenvalue weighted by atomic mass is 10.1. The van der Waals surface area contributed by atoms with Gasteiger partial charge in [0, 0.05) is 17.8 Å². The Morgan fingerprint density at radius 1 is 1.35 bits per heavy atom. The number of benzene rings is 1. The van der Waals surface area contributed by atoms with Crippen LogP contribution in [0.25, 0.3) is 11.0 Å². The van der Waals surface area contributed by atoms with Crippen molar-refractivity contribution in [3.8, 4) is 0 Å². The molecule has 4 heteroatoms. The van der Waals surface area contributed by atoms with Crippen LogP contribution in [0, 0.1) is 0 Å². The minimum Gasteiger partial charge on any atom is -0.395 e. The number of hydrogen-bond donors (Lipinski definition) is 2. The number of imidazole rings is 1. The number of aliphatic hydroxyl groups is 1. The zero-order chi connectivity index (χ0) is 12.5. The third-order valence-corrected chi connectivity index (χ3v) is 2.48. The van der Waals surface area contributed by atoms with Crippen molar-refractivity contribution in [3.05, 3.63) is 24.5 Å². The van der Waals surface area contributed by atoms with E-state index in [0.717, 1.165) is 16.7 Å². The zero-order valence-corrected chi connectivity index (χ0v) is 10.6. The lowest BCUT2D eigenvalue weighted by Gasteiger charge is -2.22. The Morgan fingerprint density at radius 2 is 2.12 bits per heavy atom. The van der Waals surface area contributed by atoms with E-state index in [9.17, 15) is 0 Å². The maximum absolute atomic E-state index is 8.99. The molecule has 1 aromatic carbocycles. The molecule has 0 aliphatic heterocycles. The second-order valence-electron chi connectivity index (χ2n) is 5.24. The van der Waals surface area contributed by atoms with Crippen molar-refractivity contribution < 1.29 is 5.11 Å². The maximum atomic E-state index is 8.99. The van der Waals surface area contributed by atoms with E-state index in [1.165, 1.54) is 0 Å². The molecule has 1 heterocycles. The van der Waals surface area contributed by atoms with Crippen LogP contribution in [0.2, 0.25) is 0 Å². The second kappa shape index (κ2) is 4.37. The first kappa shape index (κ1) is 11.9. The van der Waals surface area contributed by atoms with Crippen LogP contribution in [0.4, 0.5) is 5.69 Å². The number of rotatable bonds is 3. The van der Waals surface area contributed by atoms with E-state index in [-0.39, 0.29) is 12.1 Å². The van der Waals surface area contributed by atoms with E-state index in [0.29, 0.717) is 6.54 Å². The summed E-state index contributed by atoms with van der Waals surface area (Å²) in [6, 6.07) is 6.10. The Hall–Kier alpha value is -1.55. The molecule has 4 nitrogen and oxygen atoms in total. The van der Waals surface area contributed by atoms with Gasteiger partial charge in [-0.15, -0.1) is 0 Å². The van der Waals surface area contributed by atoms with Gasteiger partial charge in [0.2, 0.25) is 0 Å². The fourth-order valence-corrected chi connectivity index (χ4v) is 1.85. The first-order chi connectivity index (χ1) is 7.99. The van der Waals surface area contributed by atoms with E-state index in [2.05, 4.69) is 37.1 Å². The Bertz CT molecular complexity index is 511. The van der Waals surface area contributed by atoms with Gasteiger partial charge in [0.25, 0.3) is 0 Å². The molecule has 0 saturated heterocycles. The number of aliphatic hydroxyl groups excluding tert-OH is 1. The van der Waals surface area contributed by atoms with Gasteiger partial charge < -0.3 is 15.0 Å². The van der Waals surface area contributed by atoms with Gasteiger partial charge in [-0.3, -0.25) is 0 Å². The van der Waals surface area contributed by atoms with Gasteiger partial charge in [-0.25, -0.2) is 4.98 Å². The molecule has 17 heavy (non-hydrogen) atoms. The molecule has 0 saturated carbocycles. The summed E-state index contributed by atoms with van der Waals surface area (Å²) in [5, 5.41) is 12.4. The molecule has 0 aliphatic rings. The molecule has 2 rings (SSSR count). The molecule has 2 N–H and O–H groups in total. The first-order valence-electron chi connectivity index (χ1n) is 5.83. The molecule has 0 unspecified atom stereocenters. The van der Waals surface area contributed by atoms with E-state index in [1.807, 2.05) is 16.7 Å². The summed E-state index contributed by atoms with van der Waals surface area (Å²) in [4.78, 5) is 4.30. The molecular weight excluding hydrogens is 214 g/mol. The van der Waals surface area contributed by atoms with Gasteiger partial charge in [-0.1, -0.05) is 0 Å². The molecule has 0 aliphatic carbocycles. The predicted octanol–water partition coefficient (Wildman–Crippen LogP) is 2.24. The minimum absolute atomic E-state index is 0.0372. The van der Waals surface area contributed by atoms with E-state index >= 15 is 0 Å². The average molecular weight is 233 g/mol. The molecule has 92 valence electrons. The highest BCUT2D eigenvalue weighted by molar-refractivity contribution is 5.79. The van der Waals surface area contributed by atoms with Gasteiger partial charge in [0.1, 0.15) is 0 Å². The van der Waals surface area contributed by atoms with Crippen molar-refractivity contribution in [3.63, 3.8) is 0 Å². The van der Waals surface area contributed by atoms with Gasteiger partial charge in [0.15, 0.2) is 0 Å². The smallest absolute Gasteiger partial charge is 0.0959 e. The van der Waals surface area contributed by atoms with Crippen LogP contribution in [0.5, 0.6) is 0 Å². The highest BCUT2D eigenvalue weighted by atomic mass is 16.3. The molecule has 2 aromatic rings. The van der Waals surface area contributed by atoms with Gasteiger partial charge >= 0.3 is 0 Å². The zero-order valence-electron chi connectivity index (χ0n) is 10.6. The van der Waals surface area contributed by atoms with Crippen LogP contribution in [-0.2, 0) is 6.54 Å².